The van der Waals surface area contributed by atoms with Crippen LogP contribution in [0.15, 0.2) is 0 Å². The van der Waals surface area contributed by atoms with Gasteiger partial charge in [0.15, 0.2) is 0 Å². The van der Waals surface area contributed by atoms with Crippen LogP contribution in [0.25, 0.3) is 0 Å². The van der Waals surface area contributed by atoms with Crippen molar-refractivity contribution >= 4 is 5.91 Å². The van der Waals surface area contributed by atoms with E-state index >= 15 is 0 Å². The minimum Gasteiger partial charge on any atom is -0.348 e. The molecule has 6 heteroatoms. The molecule has 0 aliphatic carbocycles. The number of hydrogen-bond donors (Lipinski definition) is 3. The van der Waals surface area contributed by atoms with E-state index in [0.29, 0.717) is 6.54 Å². The Hall–Kier alpha value is -1.43. The number of carbonyl (C=O) groups excluding carboxylic acids is 1. The number of hydrogen-bond acceptors (Lipinski definition) is 4. The summed E-state index contributed by atoms with van der Waals surface area (Å²) >= 11 is 0. The van der Waals surface area contributed by atoms with Gasteiger partial charge in [-0.3, -0.25) is 9.89 Å². The Labute approximate surface area is 95.2 Å². The number of nitrogens with one attached hydrogen (secondary N) is 3. The number of H-pyrrole nitrogens is 1. The largest absolute Gasteiger partial charge is 0.348 e. The minimum atomic E-state index is -0.235. The zero-order valence-corrected chi connectivity index (χ0v) is 10.0. The smallest absolute Gasteiger partial charge is 0.291 e. The fourth-order valence-corrected chi connectivity index (χ4v) is 1.15. The molecule has 1 rings (SSSR count). The summed E-state index contributed by atoms with van der Waals surface area (Å²) in [5, 5.41) is 12.5. The van der Waals surface area contributed by atoms with Crippen molar-refractivity contribution in [2.45, 2.75) is 26.7 Å². The molecule has 0 unspecified atom stereocenters. The van der Waals surface area contributed by atoms with Gasteiger partial charge in [0.05, 0.1) is 0 Å². The number of carbonyl (C=O) groups is 1. The van der Waals surface area contributed by atoms with Gasteiger partial charge < -0.3 is 10.6 Å². The first-order chi connectivity index (χ1) is 7.65. The van der Waals surface area contributed by atoms with Crippen LogP contribution in [-0.4, -0.2) is 40.7 Å². The molecule has 0 saturated heterocycles. The highest BCUT2D eigenvalue weighted by atomic mass is 16.2. The maximum absolute atomic E-state index is 11.6. The molecule has 1 aromatic heterocycles. The van der Waals surface area contributed by atoms with E-state index in [-0.39, 0.29) is 17.6 Å². The van der Waals surface area contributed by atoms with Crippen molar-refractivity contribution in [3.8, 4) is 0 Å². The SMILES string of the molecule is CCNCCNC(=O)c1n[nH]c(C(C)C)n1. The third-order valence-corrected chi connectivity index (χ3v) is 2.09. The fourth-order valence-electron chi connectivity index (χ4n) is 1.15. The average Bonchev–Trinajstić information content (AvgIpc) is 2.73. The molecule has 0 fully saturated rings. The Bertz CT molecular complexity index is 334. The molecular formula is C10H19N5O. The van der Waals surface area contributed by atoms with E-state index < -0.39 is 0 Å². The van der Waals surface area contributed by atoms with Crippen molar-refractivity contribution in [3.05, 3.63) is 11.6 Å². The van der Waals surface area contributed by atoms with Crippen LogP contribution in [0.4, 0.5) is 0 Å². The predicted octanol–water partition coefficient (Wildman–Crippen LogP) is 0.267. The first-order valence-corrected chi connectivity index (χ1v) is 5.56. The molecule has 3 N–H and O–H groups in total. The van der Waals surface area contributed by atoms with E-state index in [1.165, 1.54) is 0 Å². The highest BCUT2D eigenvalue weighted by Gasteiger charge is 2.12. The van der Waals surface area contributed by atoms with Gasteiger partial charge in [0.25, 0.3) is 5.91 Å². The number of amides is 1. The van der Waals surface area contributed by atoms with Crippen LogP contribution < -0.4 is 10.6 Å². The Balaban J connectivity index is 2.40. The third-order valence-electron chi connectivity index (χ3n) is 2.09. The molecule has 0 atom stereocenters. The van der Waals surface area contributed by atoms with E-state index in [4.69, 9.17) is 0 Å². The first-order valence-electron chi connectivity index (χ1n) is 5.56. The summed E-state index contributed by atoms with van der Waals surface area (Å²) in [5.74, 6) is 0.953. The van der Waals surface area contributed by atoms with Crippen LogP contribution in [0.2, 0.25) is 0 Å². The summed E-state index contributed by atoms with van der Waals surface area (Å²) in [6.45, 7) is 8.24. The standard InChI is InChI=1S/C10H19N5O/c1-4-11-5-6-12-10(16)9-13-8(7(2)3)14-15-9/h7,11H,4-6H2,1-3H3,(H,12,16)(H,13,14,15). The quantitative estimate of drug-likeness (QED) is 0.607. The highest BCUT2D eigenvalue weighted by molar-refractivity contribution is 5.90. The van der Waals surface area contributed by atoms with Crippen LogP contribution in [0, 0.1) is 0 Å². The normalized spacial score (nSPS) is 10.8. The van der Waals surface area contributed by atoms with Crippen LogP contribution >= 0.6 is 0 Å². The van der Waals surface area contributed by atoms with Crippen LogP contribution in [0.3, 0.4) is 0 Å². The summed E-state index contributed by atoms with van der Waals surface area (Å²) in [5.41, 5.74) is 0. The molecule has 0 spiro atoms. The van der Waals surface area contributed by atoms with Crippen molar-refractivity contribution in [3.63, 3.8) is 0 Å². The Kier molecular flexibility index (Phi) is 4.91. The van der Waals surface area contributed by atoms with Crippen molar-refractivity contribution in [1.29, 1.82) is 0 Å². The first kappa shape index (κ1) is 12.6. The van der Waals surface area contributed by atoms with Gasteiger partial charge in [-0.25, -0.2) is 4.98 Å². The lowest BCUT2D eigenvalue weighted by Crippen LogP contribution is -2.32. The zero-order chi connectivity index (χ0) is 12.0. The second kappa shape index (κ2) is 6.22. The average molecular weight is 225 g/mol. The maximum atomic E-state index is 11.6. The Morgan fingerprint density at radius 3 is 2.75 bits per heavy atom. The number of likely N-dealkylation sites (N-methyl/N-ethyl adjacent to an activating group) is 1. The molecule has 6 nitrogen and oxygen atoms in total. The van der Waals surface area contributed by atoms with Crippen molar-refractivity contribution in [1.82, 2.24) is 25.8 Å². The number of aromatic nitrogens is 3. The van der Waals surface area contributed by atoms with E-state index in [9.17, 15) is 4.79 Å². The van der Waals surface area contributed by atoms with Crippen molar-refractivity contribution in [2.75, 3.05) is 19.6 Å². The molecule has 0 aliphatic rings. The zero-order valence-electron chi connectivity index (χ0n) is 10.0. The lowest BCUT2D eigenvalue weighted by molar-refractivity contribution is 0.0944. The molecule has 1 amide bonds. The monoisotopic (exact) mass is 225 g/mol. The summed E-state index contributed by atoms with van der Waals surface area (Å²) in [7, 11) is 0. The summed E-state index contributed by atoms with van der Waals surface area (Å²) in [6.07, 6.45) is 0. The van der Waals surface area contributed by atoms with E-state index in [2.05, 4.69) is 25.8 Å². The fraction of sp³-hybridized carbons (Fsp3) is 0.700. The van der Waals surface area contributed by atoms with Crippen molar-refractivity contribution < 1.29 is 4.79 Å². The summed E-state index contributed by atoms with van der Waals surface area (Å²) < 4.78 is 0. The molecule has 0 radical (unpaired) electrons. The number of aromatic amines is 1. The van der Waals surface area contributed by atoms with Gasteiger partial charge in [-0.2, -0.15) is 0 Å². The Morgan fingerprint density at radius 1 is 1.44 bits per heavy atom. The molecule has 16 heavy (non-hydrogen) atoms. The van der Waals surface area contributed by atoms with E-state index in [1.807, 2.05) is 20.8 Å². The van der Waals surface area contributed by atoms with Crippen molar-refractivity contribution in [2.24, 2.45) is 0 Å². The van der Waals surface area contributed by atoms with Gasteiger partial charge in [0, 0.05) is 19.0 Å². The predicted molar refractivity (Wildman–Crippen MR) is 61.3 cm³/mol. The van der Waals surface area contributed by atoms with Gasteiger partial charge in [-0.15, -0.1) is 5.10 Å². The molecule has 0 bridgehead atoms. The van der Waals surface area contributed by atoms with Gasteiger partial charge in [-0.05, 0) is 6.54 Å². The minimum absolute atomic E-state index is 0.209. The maximum Gasteiger partial charge on any atom is 0.291 e. The van der Waals surface area contributed by atoms with Gasteiger partial charge in [0.2, 0.25) is 5.82 Å². The summed E-state index contributed by atoms with van der Waals surface area (Å²) in [6, 6.07) is 0. The number of nitrogens with zero attached hydrogens (tertiary/aromatic N) is 2. The molecular weight excluding hydrogens is 206 g/mol. The number of rotatable bonds is 6. The molecule has 0 aromatic carbocycles. The molecule has 0 aliphatic heterocycles. The highest BCUT2D eigenvalue weighted by Crippen LogP contribution is 2.07. The van der Waals surface area contributed by atoms with Gasteiger partial charge >= 0.3 is 0 Å². The van der Waals surface area contributed by atoms with Gasteiger partial charge in [-0.1, -0.05) is 20.8 Å². The molecule has 1 aromatic rings. The second-order valence-corrected chi connectivity index (χ2v) is 3.81. The van der Waals surface area contributed by atoms with Gasteiger partial charge in [0.1, 0.15) is 5.82 Å². The lowest BCUT2D eigenvalue weighted by Gasteiger charge is -2.02. The molecule has 1 heterocycles. The Morgan fingerprint density at radius 2 is 2.19 bits per heavy atom. The van der Waals surface area contributed by atoms with Crippen LogP contribution in [0.1, 0.15) is 43.1 Å². The van der Waals surface area contributed by atoms with E-state index in [0.717, 1.165) is 18.9 Å². The van der Waals surface area contributed by atoms with E-state index in [1.54, 1.807) is 0 Å². The molecule has 90 valence electrons. The topological polar surface area (TPSA) is 82.7 Å². The second-order valence-electron chi connectivity index (χ2n) is 3.81. The summed E-state index contributed by atoms with van der Waals surface area (Å²) in [4.78, 5) is 15.7. The van der Waals surface area contributed by atoms with Crippen LogP contribution in [-0.2, 0) is 0 Å². The molecule has 0 saturated carbocycles. The third kappa shape index (κ3) is 3.62. The van der Waals surface area contributed by atoms with Crippen LogP contribution in [0.5, 0.6) is 0 Å². The lowest BCUT2D eigenvalue weighted by atomic mass is 10.2.